The largest absolute Gasteiger partial charge is 0.497 e. The molecule has 104 valence electrons. The summed E-state index contributed by atoms with van der Waals surface area (Å²) in [5, 5.41) is 0. The van der Waals surface area contributed by atoms with Gasteiger partial charge in [0, 0.05) is 23.2 Å². The van der Waals surface area contributed by atoms with Crippen LogP contribution in [0.2, 0.25) is 0 Å². The Bertz CT molecular complexity index is 448. The summed E-state index contributed by atoms with van der Waals surface area (Å²) in [5.41, 5.74) is 7.14. The fourth-order valence-corrected chi connectivity index (χ4v) is 2.94. The number of ketones is 1. The Balaban J connectivity index is 2.08. The number of carbonyl (C=O) groups is 1. The SMILES string of the molecule is CCC1CCC(C(=O)c2ccc(OC)cc2N)CC1. The van der Waals surface area contributed by atoms with Crippen molar-refractivity contribution >= 4 is 11.5 Å². The molecule has 1 saturated carbocycles. The van der Waals surface area contributed by atoms with Crippen LogP contribution in [-0.2, 0) is 0 Å². The van der Waals surface area contributed by atoms with E-state index in [0.29, 0.717) is 17.0 Å². The first-order valence-electron chi connectivity index (χ1n) is 7.13. The second-order valence-corrected chi connectivity index (χ2v) is 5.44. The number of carbonyl (C=O) groups excluding carboxylic acids is 1. The Morgan fingerprint density at radius 2 is 2.00 bits per heavy atom. The summed E-state index contributed by atoms with van der Waals surface area (Å²) in [5.74, 6) is 1.86. The number of nitrogen functional groups attached to an aromatic ring is 1. The maximum atomic E-state index is 12.5. The van der Waals surface area contributed by atoms with Crippen LogP contribution in [0, 0.1) is 11.8 Å². The predicted octanol–water partition coefficient (Wildman–Crippen LogP) is 3.68. The zero-order valence-corrected chi connectivity index (χ0v) is 11.8. The van der Waals surface area contributed by atoms with Gasteiger partial charge in [-0.2, -0.15) is 0 Å². The van der Waals surface area contributed by atoms with Gasteiger partial charge in [0.25, 0.3) is 0 Å². The minimum atomic E-state index is 0.151. The van der Waals surface area contributed by atoms with E-state index < -0.39 is 0 Å². The summed E-state index contributed by atoms with van der Waals surface area (Å²) in [6, 6.07) is 5.33. The standard InChI is InChI=1S/C16H23NO2/c1-3-11-4-6-12(7-5-11)16(18)14-9-8-13(19-2)10-15(14)17/h8-12H,3-7,17H2,1-2H3. The fourth-order valence-electron chi connectivity index (χ4n) is 2.94. The zero-order chi connectivity index (χ0) is 13.8. The Labute approximate surface area is 115 Å². The summed E-state index contributed by atoms with van der Waals surface area (Å²) in [6.07, 6.45) is 5.57. The van der Waals surface area contributed by atoms with E-state index in [-0.39, 0.29) is 11.7 Å². The molecule has 1 aromatic carbocycles. The molecule has 0 saturated heterocycles. The van der Waals surface area contributed by atoms with Gasteiger partial charge in [-0.3, -0.25) is 4.79 Å². The van der Waals surface area contributed by atoms with Crippen LogP contribution < -0.4 is 10.5 Å². The summed E-state index contributed by atoms with van der Waals surface area (Å²) < 4.78 is 5.11. The highest BCUT2D eigenvalue weighted by Crippen LogP contribution is 2.34. The van der Waals surface area contributed by atoms with Gasteiger partial charge < -0.3 is 10.5 Å². The fraction of sp³-hybridized carbons (Fsp3) is 0.562. The molecule has 1 aromatic rings. The quantitative estimate of drug-likeness (QED) is 0.664. The van der Waals surface area contributed by atoms with Crippen LogP contribution in [0.5, 0.6) is 5.75 Å². The van der Waals surface area contributed by atoms with Crippen molar-refractivity contribution in [2.75, 3.05) is 12.8 Å². The van der Waals surface area contributed by atoms with E-state index in [2.05, 4.69) is 6.92 Å². The van der Waals surface area contributed by atoms with Gasteiger partial charge in [0.05, 0.1) is 7.11 Å². The van der Waals surface area contributed by atoms with Crippen LogP contribution in [-0.4, -0.2) is 12.9 Å². The van der Waals surface area contributed by atoms with Crippen molar-refractivity contribution in [3.05, 3.63) is 23.8 Å². The molecule has 0 radical (unpaired) electrons. The molecule has 19 heavy (non-hydrogen) atoms. The number of Topliss-reactive ketones (excluding diaryl/α,β-unsaturated/α-hetero) is 1. The van der Waals surface area contributed by atoms with Gasteiger partial charge in [-0.05, 0) is 43.7 Å². The van der Waals surface area contributed by atoms with Crippen LogP contribution in [0.4, 0.5) is 5.69 Å². The minimum Gasteiger partial charge on any atom is -0.497 e. The van der Waals surface area contributed by atoms with Gasteiger partial charge in [0.1, 0.15) is 5.75 Å². The van der Waals surface area contributed by atoms with Gasteiger partial charge in [0.15, 0.2) is 5.78 Å². The van der Waals surface area contributed by atoms with Gasteiger partial charge in [-0.15, -0.1) is 0 Å². The molecule has 1 aliphatic carbocycles. The van der Waals surface area contributed by atoms with Gasteiger partial charge in [0.2, 0.25) is 0 Å². The molecule has 1 fully saturated rings. The normalized spacial score (nSPS) is 23.1. The third-order valence-corrected chi connectivity index (χ3v) is 4.32. The third kappa shape index (κ3) is 3.09. The van der Waals surface area contributed by atoms with Crippen LogP contribution in [0.3, 0.4) is 0 Å². The first-order chi connectivity index (χ1) is 9.15. The van der Waals surface area contributed by atoms with Gasteiger partial charge in [-0.25, -0.2) is 0 Å². The van der Waals surface area contributed by atoms with E-state index in [4.69, 9.17) is 10.5 Å². The van der Waals surface area contributed by atoms with E-state index in [0.717, 1.165) is 18.8 Å². The number of ether oxygens (including phenoxy) is 1. The van der Waals surface area contributed by atoms with E-state index >= 15 is 0 Å². The summed E-state index contributed by atoms with van der Waals surface area (Å²) in [6.45, 7) is 2.23. The smallest absolute Gasteiger partial charge is 0.168 e. The van der Waals surface area contributed by atoms with E-state index in [1.54, 1.807) is 25.3 Å². The van der Waals surface area contributed by atoms with Crippen molar-refractivity contribution in [1.82, 2.24) is 0 Å². The lowest BCUT2D eigenvalue weighted by atomic mass is 9.77. The maximum Gasteiger partial charge on any atom is 0.168 e. The molecule has 0 aromatic heterocycles. The molecular formula is C16H23NO2. The lowest BCUT2D eigenvalue weighted by molar-refractivity contribution is 0.0872. The number of benzene rings is 1. The lowest BCUT2D eigenvalue weighted by Crippen LogP contribution is -2.22. The molecule has 2 N–H and O–H groups in total. The summed E-state index contributed by atoms with van der Waals surface area (Å²) in [4.78, 5) is 12.5. The lowest BCUT2D eigenvalue weighted by Gasteiger charge is -2.27. The predicted molar refractivity (Wildman–Crippen MR) is 77.5 cm³/mol. The molecule has 1 aliphatic rings. The molecule has 3 nitrogen and oxygen atoms in total. The molecule has 0 aliphatic heterocycles. The van der Waals surface area contributed by atoms with Crippen LogP contribution in [0.25, 0.3) is 0 Å². The second-order valence-electron chi connectivity index (χ2n) is 5.44. The van der Waals surface area contributed by atoms with E-state index in [1.165, 1.54) is 19.3 Å². The minimum absolute atomic E-state index is 0.151. The molecule has 0 heterocycles. The number of hydrogen-bond acceptors (Lipinski definition) is 3. The Hall–Kier alpha value is -1.51. The van der Waals surface area contributed by atoms with Crippen molar-refractivity contribution in [2.24, 2.45) is 11.8 Å². The highest BCUT2D eigenvalue weighted by molar-refractivity contribution is 6.02. The molecule has 2 rings (SSSR count). The summed E-state index contributed by atoms with van der Waals surface area (Å²) >= 11 is 0. The Morgan fingerprint density at radius 1 is 1.32 bits per heavy atom. The van der Waals surface area contributed by atoms with Gasteiger partial charge >= 0.3 is 0 Å². The van der Waals surface area contributed by atoms with Crippen molar-refractivity contribution in [3.8, 4) is 5.75 Å². The van der Waals surface area contributed by atoms with E-state index in [9.17, 15) is 4.79 Å². The average Bonchev–Trinajstić information content (AvgIpc) is 2.46. The first kappa shape index (κ1) is 13.9. The third-order valence-electron chi connectivity index (χ3n) is 4.32. The van der Waals surface area contributed by atoms with Crippen LogP contribution in [0.1, 0.15) is 49.4 Å². The van der Waals surface area contributed by atoms with Crippen LogP contribution in [0.15, 0.2) is 18.2 Å². The van der Waals surface area contributed by atoms with Crippen molar-refractivity contribution in [2.45, 2.75) is 39.0 Å². The van der Waals surface area contributed by atoms with Crippen molar-refractivity contribution in [3.63, 3.8) is 0 Å². The van der Waals surface area contributed by atoms with E-state index in [1.807, 2.05) is 0 Å². The first-order valence-corrected chi connectivity index (χ1v) is 7.13. The number of nitrogens with two attached hydrogens (primary N) is 1. The summed E-state index contributed by atoms with van der Waals surface area (Å²) in [7, 11) is 1.60. The Morgan fingerprint density at radius 3 is 2.53 bits per heavy atom. The van der Waals surface area contributed by atoms with Gasteiger partial charge in [-0.1, -0.05) is 13.3 Å². The molecule has 0 amide bonds. The molecule has 0 bridgehead atoms. The molecule has 0 unspecified atom stereocenters. The Kier molecular flexibility index (Phi) is 4.46. The highest BCUT2D eigenvalue weighted by atomic mass is 16.5. The highest BCUT2D eigenvalue weighted by Gasteiger charge is 2.27. The van der Waals surface area contributed by atoms with Crippen molar-refractivity contribution in [1.29, 1.82) is 0 Å². The zero-order valence-electron chi connectivity index (χ0n) is 11.8. The van der Waals surface area contributed by atoms with Crippen LogP contribution >= 0.6 is 0 Å². The number of methoxy groups -OCH3 is 1. The number of anilines is 1. The molecule has 3 heteroatoms. The molecular weight excluding hydrogens is 238 g/mol. The average molecular weight is 261 g/mol. The molecule has 0 atom stereocenters. The topological polar surface area (TPSA) is 52.3 Å². The van der Waals surface area contributed by atoms with Crippen molar-refractivity contribution < 1.29 is 9.53 Å². The molecule has 0 spiro atoms. The number of rotatable bonds is 4. The monoisotopic (exact) mass is 261 g/mol. The maximum absolute atomic E-state index is 12.5. The number of hydrogen-bond donors (Lipinski definition) is 1. The second kappa shape index (κ2) is 6.09.